The second-order valence-electron chi connectivity index (χ2n) is 7.90. The third kappa shape index (κ3) is 7.70. The number of nitrogens with one attached hydrogen (secondary N) is 3. The molecule has 1 fully saturated rings. The molecule has 0 spiro atoms. The molecule has 170 valence electrons. The summed E-state index contributed by atoms with van der Waals surface area (Å²) >= 11 is 0. The number of carbonyl (C=O) groups is 3. The molecule has 3 N–H and O–H groups in total. The van der Waals surface area contributed by atoms with Gasteiger partial charge in [-0.2, -0.15) is 0 Å². The maximum absolute atomic E-state index is 12.4. The maximum Gasteiger partial charge on any atom is 0.408 e. The Morgan fingerprint density at radius 1 is 1.00 bits per heavy atom. The summed E-state index contributed by atoms with van der Waals surface area (Å²) in [4.78, 5) is 38.6. The molecule has 1 saturated heterocycles. The van der Waals surface area contributed by atoms with E-state index in [2.05, 4.69) is 20.9 Å². The fraction of sp³-hybridized carbons (Fsp3) is 0.375. The van der Waals surface area contributed by atoms with Crippen molar-refractivity contribution in [2.75, 3.05) is 25.0 Å². The van der Waals surface area contributed by atoms with Crippen molar-refractivity contribution >= 4 is 23.6 Å². The number of ether oxygens (including phenoxy) is 1. The topological polar surface area (TPSA) is 99.8 Å². The van der Waals surface area contributed by atoms with E-state index in [4.69, 9.17) is 4.74 Å². The monoisotopic (exact) mass is 438 g/mol. The number of hydrogen-bond acceptors (Lipinski definition) is 5. The van der Waals surface area contributed by atoms with Crippen LogP contribution in [0.25, 0.3) is 0 Å². The summed E-state index contributed by atoms with van der Waals surface area (Å²) < 4.78 is 5.16. The number of piperidine rings is 1. The second kappa shape index (κ2) is 11.9. The van der Waals surface area contributed by atoms with Gasteiger partial charge in [0.05, 0.1) is 6.54 Å². The van der Waals surface area contributed by atoms with Crippen molar-refractivity contribution in [2.45, 2.75) is 38.5 Å². The van der Waals surface area contributed by atoms with E-state index in [9.17, 15) is 14.4 Å². The van der Waals surface area contributed by atoms with Crippen molar-refractivity contribution in [3.05, 3.63) is 66.2 Å². The van der Waals surface area contributed by atoms with Crippen LogP contribution in [0.3, 0.4) is 0 Å². The third-order valence-corrected chi connectivity index (χ3v) is 5.30. The Bertz CT molecular complexity index is 883. The number of hydrogen-bond donors (Lipinski definition) is 3. The molecule has 0 aliphatic carbocycles. The van der Waals surface area contributed by atoms with Crippen LogP contribution < -0.4 is 16.0 Å². The number of likely N-dealkylation sites (tertiary alicyclic amines) is 1. The lowest BCUT2D eigenvalue weighted by molar-refractivity contribution is -0.124. The number of para-hydroxylation sites is 1. The van der Waals surface area contributed by atoms with Crippen LogP contribution in [-0.4, -0.2) is 54.5 Å². The molecule has 8 heteroatoms. The first-order chi connectivity index (χ1) is 15.5. The van der Waals surface area contributed by atoms with Crippen molar-refractivity contribution in [1.29, 1.82) is 0 Å². The van der Waals surface area contributed by atoms with Gasteiger partial charge < -0.3 is 20.7 Å². The molecule has 0 saturated carbocycles. The molecular weight excluding hydrogens is 408 g/mol. The number of benzene rings is 2. The van der Waals surface area contributed by atoms with Gasteiger partial charge in [0.2, 0.25) is 11.8 Å². The quantitative estimate of drug-likeness (QED) is 0.588. The van der Waals surface area contributed by atoms with Gasteiger partial charge in [-0.1, -0.05) is 48.5 Å². The number of alkyl carbamates (subject to hydrolysis) is 1. The minimum absolute atomic E-state index is 0.0144. The summed E-state index contributed by atoms with van der Waals surface area (Å²) in [6.07, 6.45) is 0.862. The molecule has 8 nitrogen and oxygen atoms in total. The van der Waals surface area contributed by atoms with Crippen LogP contribution in [0.4, 0.5) is 10.5 Å². The number of nitrogens with zero attached hydrogens (tertiary/aromatic N) is 1. The van der Waals surface area contributed by atoms with Crippen LogP contribution in [0.15, 0.2) is 60.7 Å². The van der Waals surface area contributed by atoms with Crippen molar-refractivity contribution in [3.63, 3.8) is 0 Å². The predicted molar refractivity (Wildman–Crippen MR) is 122 cm³/mol. The highest BCUT2D eigenvalue weighted by atomic mass is 16.5. The van der Waals surface area contributed by atoms with Gasteiger partial charge in [0.15, 0.2) is 0 Å². The number of anilines is 1. The molecule has 3 amide bonds. The van der Waals surface area contributed by atoms with E-state index < -0.39 is 12.1 Å². The second-order valence-corrected chi connectivity index (χ2v) is 7.90. The van der Waals surface area contributed by atoms with Crippen LogP contribution in [-0.2, 0) is 20.9 Å². The lowest BCUT2D eigenvalue weighted by Crippen LogP contribution is -2.51. The summed E-state index contributed by atoms with van der Waals surface area (Å²) in [5.74, 6) is -0.299. The Balaban J connectivity index is 1.32. The normalized spacial score (nSPS) is 15.4. The van der Waals surface area contributed by atoms with Gasteiger partial charge in [-0.25, -0.2) is 4.79 Å². The summed E-state index contributed by atoms with van der Waals surface area (Å²) in [5.41, 5.74) is 1.66. The smallest absolute Gasteiger partial charge is 0.408 e. The van der Waals surface area contributed by atoms with Crippen molar-refractivity contribution in [1.82, 2.24) is 15.5 Å². The highest BCUT2D eigenvalue weighted by molar-refractivity contribution is 5.92. The summed E-state index contributed by atoms with van der Waals surface area (Å²) in [6, 6.07) is 18.0. The predicted octanol–water partition coefficient (Wildman–Crippen LogP) is 2.52. The molecule has 0 radical (unpaired) electrons. The molecular formula is C24H30N4O4. The zero-order valence-electron chi connectivity index (χ0n) is 18.3. The minimum atomic E-state index is -0.701. The molecule has 1 aliphatic rings. The zero-order chi connectivity index (χ0) is 22.8. The molecule has 0 unspecified atom stereocenters. The SMILES string of the molecule is C[C@H](NC(=O)OCc1ccccc1)C(=O)NC1CCN(CC(=O)Nc2ccccc2)CC1. The van der Waals surface area contributed by atoms with Gasteiger partial charge in [-0.3, -0.25) is 14.5 Å². The molecule has 1 heterocycles. The largest absolute Gasteiger partial charge is 0.445 e. The highest BCUT2D eigenvalue weighted by Crippen LogP contribution is 2.11. The van der Waals surface area contributed by atoms with E-state index in [-0.39, 0.29) is 24.5 Å². The van der Waals surface area contributed by atoms with E-state index in [1.807, 2.05) is 60.7 Å². The first-order valence-electron chi connectivity index (χ1n) is 10.8. The Hall–Kier alpha value is -3.39. The zero-order valence-corrected chi connectivity index (χ0v) is 18.3. The number of rotatable bonds is 8. The lowest BCUT2D eigenvalue weighted by atomic mass is 10.0. The summed E-state index contributed by atoms with van der Waals surface area (Å²) in [7, 11) is 0. The van der Waals surface area contributed by atoms with Crippen molar-refractivity contribution < 1.29 is 19.1 Å². The average molecular weight is 439 g/mol. The van der Waals surface area contributed by atoms with Gasteiger partial charge >= 0.3 is 6.09 Å². The van der Waals surface area contributed by atoms with Crippen molar-refractivity contribution in [3.8, 4) is 0 Å². The fourth-order valence-electron chi connectivity index (χ4n) is 3.49. The minimum Gasteiger partial charge on any atom is -0.445 e. The van der Waals surface area contributed by atoms with Gasteiger partial charge in [-0.15, -0.1) is 0 Å². The van der Waals surface area contributed by atoms with E-state index in [0.29, 0.717) is 19.6 Å². The van der Waals surface area contributed by atoms with Gasteiger partial charge in [0.1, 0.15) is 12.6 Å². The first-order valence-corrected chi connectivity index (χ1v) is 10.8. The fourth-order valence-corrected chi connectivity index (χ4v) is 3.49. The average Bonchev–Trinajstić information content (AvgIpc) is 2.80. The van der Waals surface area contributed by atoms with Crippen LogP contribution >= 0.6 is 0 Å². The van der Waals surface area contributed by atoms with E-state index >= 15 is 0 Å². The third-order valence-electron chi connectivity index (χ3n) is 5.30. The van der Waals surface area contributed by atoms with Crippen molar-refractivity contribution in [2.24, 2.45) is 0 Å². The molecule has 32 heavy (non-hydrogen) atoms. The molecule has 0 bridgehead atoms. The van der Waals surface area contributed by atoms with E-state index in [1.54, 1.807) is 6.92 Å². The standard InChI is InChI=1S/C24H30N4O4/c1-18(25-24(31)32-17-19-8-4-2-5-9-19)23(30)27-21-12-14-28(15-13-21)16-22(29)26-20-10-6-3-7-11-20/h2-11,18,21H,12-17H2,1H3,(H,25,31)(H,26,29)(H,27,30)/t18-/m0/s1. The maximum atomic E-state index is 12.4. The van der Waals surface area contributed by atoms with Crippen LogP contribution in [0.2, 0.25) is 0 Å². The summed E-state index contributed by atoms with van der Waals surface area (Å²) in [6.45, 7) is 3.53. The van der Waals surface area contributed by atoms with Gasteiger partial charge in [0, 0.05) is 24.8 Å². The Morgan fingerprint density at radius 2 is 1.62 bits per heavy atom. The van der Waals surface area contributed by atoms with Gasteiger partial charge in [0.25, 0.3) is 0 Å². The molecule has 0 aromatic heterocycles. The Morgan fingerprint density at radius 3 is 2.28 bits per heavy atom. The van der Waals surface area contributed by atoms with Crippen LogP contribution in [0.1, 0.15) is 25.3 Å². The first kappa shape index (κ1) is 23.3. The van der Waals surface area contributed by atoms with E-state index in [1.165, 1.54) is 0 Å². The molecule has 2 aromatic rings. The Labute approximate surface area is 188 Å². The van der Waals surface area contributed by atoms with Crippen LogP contribution in [0, 0.1) is 0 Å². The molecule has 1 aliphatic heterocycles. The number of amides is 3. The van der Waals surface area contributed by atoms with Crippen LogP contribution in [0.5, 0.6) is 0 Å². The number of carbonyl (C=O) groups excluding carboxylic acids is 3. The highest BCUT2D eigenvalue weighted by Gasteiger charge is 2.24. The summed E-state index contributed by atoms with van der Waals surface area (Å²) in [5, 5.41) is 8.42. The Kier molecular flexibility index (Phi) is 8.62. The molecule has 3 rings (SSSR count). The van der Waals surface area contributed by atoms with E-state index in [0.717, 1.165) is 24.1 Å². The molecule has 2 aromatic carbocycles. The lowest BCUT2D eigenvalue weighted by Gasteiger charge is -2.32. The molecule has 1 atom stereocenters. The van der Waals surface area contributed by atoms with Gasteiger partial charge in [-0.05, 0) is 37.5 Å².